The van der Waals surface area contributed by atoms with E-state index in [1.54, 1.807) is 0 Å². The average molecular weight is 320 g/mol. The third kappa shape index (κ3) is 3.41. The van der Waals surface area contributed by atoms with Crippen LogP contribution in [0, 0.1) is 0 Å². The van der Waals surface area contributed by atoms with Crippen LogP contribution in [0.5, 0.6) is 0 Å². The van der Waals surface area contributed by atoms with Gasteiger partial charge in [0.25, 0.3) is 0 Å². The summed E-state index contributed by atoms with van der Waals surface area (Å²) < 4.78 is 64.1. The standard InChI is InChI=1S/C12H11F3N2O3S/c1-7(21(2,18)19)8-3-5-9(6-4-8)10-16-11(20-17-10)12(13,14)15/h3-7H,1-2H3. The van der Waals surface area contributed by atoms with E-state index in [9.17, 15) is 21.6 Å². The summed E-state index contributed by atoms with van der Waals surface area (Å²) in [5.41, 5.74) is 0.833. The number of hydrogen-bond donors (Lipinski definition) is 0. The molecule has 2 rings (SSSR count). The van der Waals surface area contributed by atoms with E-state index in [0.29, 0.717) is 11.1 Å². The normalized spacial score (nSPS) is 14.1. The maximum Gasteiger partial charge on any atom is 0.471 e. The molecular weight excluding hydrogens is 309 g/mol. The number of benzene rings is 1. The lowest BCUT2D eigenvalue weighted by atomic mass is 10.1. The summed E-state index contributed by atoms with van der Waals surface area (Å²) in [5, 5.41) is 2.55. The highest BCUT2D eigenvalue weighted by Gasteiger charge is 2.38. The predicted molar refractivity (Wildman–Crippen MR) is 68.0 cm³/mol. The number of alkyl halides is 3. The van der Waals surface area contributed by atoms with E-state index in [1.807, 2.05) is 0 Å². The van der Waals surface area contributed by atoms with Crippen LogP contribution in [-0.4, -0.2) is 24.8 Å². The summed E-state index contributed by atoms with van der Waals surface area (Å²) in [4.78, 5) is 3.25. The van der Waals surface area contributed by atoms with E-state index in [0.717, 1.165) is 6.26 Å². The highest BCUT2D eigenvalue weighted by Crippen LogP contribution is 2.30. The van der Waals surface area contributed by atoms with Gasteiger partial charge in [-0.25, -0.2) is 8.42 Å². The number of hydrogen-bond acceptors (Lipinski definition) is 5. The van der Waals surface area contributed by atoms with Crippen LogP contribution in [0.25, 0.3) is 11.4 Å². The minimum Gasteiger partial charge on any atom is -0.329 e. The van der Waals surface area contributed by atoms with E-state index < -0.39 is 27.2 Å². The average Bonchev–Trinajstić information content (AvgIpc) is 2.86. The van der Waals surface area contributed by atoms with Crippen molar-refractivity contribution >= 4 is 9.84 Å². The highest BCUT2D eigenvalue weighted by molar-refractivity contribution is 7.90. The SMILES string of the molecule is CC(c1ccc(-c2noc(C(F)(F)F)n2)cc1)S(C)(=O)=O. The van der Waals surface area contributed by atoms with E-state index >= 15 is 0 Å². The Morgan fingerprint density at radius 2 is 1.76 bits per heavy atom. The molecule has 21 heavy (non-hydrogen) atoms. The molecule has 114 valence electrons. The molecule has 0 aliphatic rings. The van der Waals surface area contributed by atoms with Crippen LogP contribution < -0.4 is 0 Å². The van der Waals surface area contributed by atoms with Crippen molar-refractivity contribution in [3.8, 4) is 11.4 Å². The van der Waals surface area contributed by atoms with Crippen LogP contribution in [0.1, 0.15) is 23.6 Å². The smallest absolute Gasteiger partial charge is 0.329 e. The van der Waals surface area contributed by atoms with Gasteiger partial charge in [0.1, 0.15) is 0 Å². The molecule has 9 heteroatoms. The van der Waals surface area contributed by atoms with E-state index in [1.165, 1.54) is 31.2 Å². The second kappa shape index (κ2) is 5.14. The first-order valence-corrected chi connectivity index (χ1v) is 7.74. The number of rotatable bonds is 3. The lowest BCUT2D eigenvalue weighted by Gasteiger charge is -2.09. The van der Waals surface area contributed by atoms with Crippen LogP contribution in [0.15, 0.2) is 28.8 Å². The van der Waals surface area contributed by atoms with Gasteiger partial charge in [-0.15, -0.1) is 0 Å². The summed E-state index contributed by atoms with van der Waals surface area (Å²) in [7, 11) is -3.25. The van der Waals surface area contributed by atoms with Crippen molar-refractivity contribution < 1.29 is 26.1 Å². The first-order valence-electron chi connectivity index (χ1n) is 5.79. The molecule has 0 saturated heterocycles. The lowest BCUT2D eigenvalue weighted by molar-refractivity contribution is -0.159. The molecule has 0 radical (unpaired) electrons. The molecule has 5 nitrogen and oxygen atoms in total. The number of aromatic nitrogens is 2. The summed E-state index contributed by atoms with van der Waals surface area (Å²) in [5.74, 6) is -1.63. The third-order valence-corrected chi connectivity index (χ3v) is 4.51. The Balaban J connectivity index is 2.29. The van der Waals surface area contributed by atoms with E-state index in [-0.39, 0.29) is 5.82 Å². The first-order chi connectivity index (χ1) is 9.59. The Bertz CT molecular complexity index is 736. The van der Waals surface area contributed by atoms with Crippen LogP contribution in [0.4, 0.5) is 13.2 Å². The van der Waals surface area contributed by atoms with Crippen LogP contribution in [0.3, 0.4) is 0 Å². The molecule has 0 bridgehead atoms. The molecule has 1 heterocycles. The summed E-state index contributed by atoms with van der Waals surface area (Å²) in [6.07, 6.45) is -3.59. The topological polar surface area (TPSA) is 73.1 Å². The molecule has 1 unspecified atom stereocenters. The van der Waals surface area contributed by atoms with Crippen LogP contribution >= 0.6 is 0 Å². The fourth-order valence-electron chi connectivity index (χ4n) is 1.61. The van der Waals surface area contributed by atoms with E-state index in [4.69, 9.17) is 0 Å². The Kier molecular flexibility index (Phi) is 3.79. The molecule has 1 atom stereocenters. The van der Waals surface area contributed by atoms with Crippen LogP contribution in [0.2, 0.25) is 0 Å². The minimum atomic E-state index is -4.70. The van der Waals surface area contributed by atoms with Gasteiger partial charge in [-0.05, 0) is 12.5 Å². The largest absolute Gasteiger partial charge is 0.471 e. The second-order valence-corrected chi connectivity index (χ2v) is 6.88. The molecule has 0 N–H and O–H groups in total. The Labute approximate surface area is 118 Å². The van der Waals surface area contributed by atoms with Gasteiger partial charge in [-0.1, -0.05) is 29.4 Å². The molecule has 0 amide bonds. The predicted octanol–water partition coefficient (Wildman–Crippen LogP) is 2.86. The fraction of sp³-hybridized carbons (Fsp3) is 0.333. The third-order valence-electron chi connectivity index (χ3n) is 2.95. The van der Waals surface area contributed by atoms with Crippen molar-refractivity contribution in [2.75, 3.05) is 6.26 Å². The lowest BCUT2D eigenvalue weighted by Crippen LogP contribution is -2.07. The minimum absolute atomic E-state index is 0.208. The molecule has 1 aromatic carbocycles. The van der Waals surface area contributed by atoms with Crippen LogP contribution in [-0.2, 0) is 16.0 Å². The molecule has 0 aliphatic heterocycles. The maximum absolute atomic E-state index is 12.4. The zero-order valence-electron chi connectivity index (χ0n) is 11.0. The van der Waals surface area contributed by atoms with Gasteiger partial charge in [-0.2, -0.15) is 18.2 Å². The van der Waals surface area contributed by atoms with Gasteiger partial charge in [-0.3, -0.25) is 0 Å². The number of halogens is 3. The molecule has 0 spiro atoms. The molecule has 0 aliphatic carbocycles. The molecule has 0 fully saturated rings. The van der Waals surface area contributed by atoms with Gasteiger partial charge in [0.2, 0.25) is 5.82 Å². The van der Waals surface area contributed by atoms with Gasteiger partial charge in [0.15, 0.2) is 9.84 Å². The monoisotopic (exact) mass is 320 g/mol. The maximum atomic E-state index is 12.4. The van der Waals surface area contributed by atoms with Crippen molar-refractivity contribution in [1.82, 2.24) is 10.1 Å². The molecule has 2 aromatic rings. The molecule has 1 aromatic heterocycles. The number of nitrogens with zero attached hydrogens (tertiary/aromatic N) is 2. The summed E-state index contributed by atoms with van der Waals surface area (Å²) in [6.45, 7) is 1.53. The fourth-order valence-corrected chi connectivity index (χ4v) is 2.26. The molecule has 0 saturated carbocycles. The second-order valence-electron chi connectivity index (χ2n) is 4.51. The van der Waals surface area contributed by atoms with Crippen molar-refractivity contribution in [2.45, 2.75) is 18.3 Å². The summed E-state index contributed by atoms with van der Waals surface area (Å²) >= 11 is 0. The number of sulfone groups is 1. The quantitative estimate of drug-likeness (QED) is 0.869. The van der Waals surface area contributed by atoms with Crippen molar-refractivity contribution in [3.05, 3.63) is 35.7 Å². The van der Waals surface area contributed by atoms with Gasteiger partial charge in [0, 0.05) is 11.8 Å². The molecular formula is C12H11F3N2O3S. The van der Waals surface area contributed by atoms with Gasteiger partial charge in [0.05, 0.1) is 5.25 Å². The Morgan fingerprint density at radius 3 is 2.19 bits per heavy atom. The van der Waals surface area contributed by atoms with Gasteiger partial charge >= 0.3 is 12.1 Å². The van der Waals surface area contributed by atoms with Gasteiger partial charge < -0.3 is 4.52 Å². The first kappa shape index (κ1) is 15.5. The van der Waals surface area contributed by atoms with E-state index in [2.05, 4.69) is 14.7 Å². The Hall–Kier alpha value is -1.90. The zero-order valence-corrected chi connectivity index (χ0v) is 11.9. The van der Waals surface area contributed by atoms with Crippen molar-refractivity contribution in [1.29, 1.82) is 0 Å². The Morgan fingerprint density at radius 1 is 1.19 bits per heavy atom. The summed E-state index contributed by atoms with van der Waals surface area (Å²) in [6, 6.07) is 5.90. The highest BCUT2D eigenvalue weighted by atomic mass is 32.2. The zero-order chi connectivity index (χ0) is 15.8. The van der Waals surface area contributed by atoms with Crippen molar-refractivity contribution in [2.24, 2.45) is 0 Å². The van der Waals surface area contributed by atoms with Crippen molar-refractivity contribution in [3.63, 3.8) is 0 Å².